The summed E-state index contributed by atoms with van der Waals surface area (Å²) in [5, 5.41) is 10.0. The maximum Gasteiger partial charge on any atom is 0.191 e. The second-order valence-corrected chi connectivity index (χ2v) is 7.50. The van der Waals surface area contributed by atoms with Gasteiger partial charge >= 0.3 is 0 Å². The van der Waals surface area contributed by atoms with Crippen molar-refractivity contribution in [1.82, 2.24) is 15.6 Å². The molecule has 2 rings (SSSR count). The van der Waals surface area contributed by atoms with Gasteiger partial charge in [0.05, 0.1) is 18.2 Å². The van der Waals surface area contributed by atoms with Gasteiger partial charge in [-0.3, -0.25) is 0 Å². The molecular formula is C21H32N4O2S. The summed E-state index contributed by atoms with van der Waals surface area (Å²) in [6.45, 7) is 9.51. The molecule has 7 heteroatoms. The molecule has 0 amide bonds. The molecule has 1 aromatic heterocycles. The van der Waals surface area contributed by atoms with E-state index in [1.54, 1.807) is 18.4 Å². The van der Waals surface area contributed by atoms with Gasteiger partial charge in [0.2, 0.25) is 0 Å². The Kier molecular flexibility index (Phi) is 9.79. The highest BCUT2D eigenvalue weighted by Gasteiger charge is 2.06. The van der Waals surface area contributed by atoms with E-state index in [9.17, 15) is 0 Å². The number of guanidine groups is 1. The summed E-state index contributed by atoms with van der Waals surface area (Å²) in [5.41, 5.74) is 3.34. The number of methoxy groups -OCH3 is 1. The van der Waals surface area contributed by atoms with Crippen LogP contribution in [0.5, 0.6) is 5.75 Å². The Labute approximate surface area is 172 Å². The van der Waals surface area contributed by atoms with Crippen molar-refractivity contribution in [3.8, 4) is 5.75 Å². The lowest BCUT2D eigenvalue weighted by atomic mass is 10.1. The van der Waals surface area contributed by atoms with Gasteiger partial charge in [0, 0.05) is 43.3 Å². The monoisotopic (exact) mass is 404 g/mol. The van der Waals surface area contributed by atoms with Crippen LogP contribution in [0, 0.1) is 13.8 Å². The Morgan fingerprint density at radius 1 is 1.21 bits per heavy atom. The molecular weight excluding hydrogens is 372 g/mol. The summed E-state index contributed by atoms with van der Waals surface area (Å²) in [6, 6.07) is 6.22. The van der Waals surface area contributed by atoms with Gasteiger partial charge in [-0.15, -0.1) is 11.3 Å². The van der Waals surface area contributed by atoms with Crippen LogP contribution in [-0.4, -0.2) is 44.4 Å². The van der Waals surface area contributed by atoms with E-state index in [0.717, 1.165) is 48.9 Å². The van der Waals surface area contributed by atoms with Gasteiger partial charge in [0.25, 0.3) is 0 Å². The van der Waals surface area contributed by atoms with Gasteiger partial charge in [0.1, 0.15) is 12.4 Å². The fourth-order valence-electron chi connectivity index (χ4n) is 2.63. The largest absolute Gasteiger partial charge is 0.491 e. The lowest BCUT2D eigenvalue weighted by Crippen LogP contribution is -2.37. The Morgan fingerprint density at radius 3 is 2.79 bits per heavy atom. The van der Waals surface area contributed by atoms with E-state index < -0.39 is 0 Å². The number of rotatable bonds is 11. The molecule has 6 nitrogen and oxygen atoms in total. The summed E-state index contributed by atoms with van der Waals surface area (Å²) < 4.78 is 10.9. The van der Waals surface area contributed by atoms with E-state index in [-0.39, 0.29) is 0 Å². The van der Waals surface area contributed by atoms with Crippen molar-refractivity contribution in [2.24, 2.45) is 4.99 Å². The first-order valence-corrected chi connectivity index (χ1v) is 10.6. The first-order chi connectivity index (χ1) is 13.6. The van der Waals surface area contributed by atoms with Crippen LogP contribution in [0.15, 0.2) is 28.6 Å². The van der Waals surface area contributed by atoms with Crippen LogP contribution in [-0.2, 0) is 17.7 Å². The normalized spacial score (nSPS) is 11.5. The zero-order chi connectivity index (χ0) is 20.2. The number of hydrogen-bond donors (Lipinski definition) is 2. The van der Waals surface area contributed by atoms with Gasteiger partial charge in [-0.2, -0.15) is 0 Å². The second-order valence-electron chi connectivity index (χ2n) is 6.56. The standard InChI is InChI=1S/C21H32N4O2S/c1-5-22-21(23-10-6-7-20-25-17(3)15-28-20)24-14-18-9-8-16(2)13-19(18)27-12-11-26-4/h8-9,13,15H,5-7,10-12,14H2,1-4H3,(H2,22,23,24). The number of nitrogens with zero attached hydrogens (tertiary/aromatic N) is 2. The van der Waals surface area contributed by atoms with Crippen molar-refractivity contribution in [3.05, 3.63) is 45.4 Å². The smallest absolute Gasteiger partial charge is 0.191 e. The third kappa shape index (κ3) is 7.86. The van der Waals surface area contributed by atoms with Gasteiger partial charge in [-0.25, -0.2) is 9.98 Å². The lowest BCUT2D eigenvalue weighted by Gasteiger charge is -2.13. The molecule has 0 spiro atoms. The first kappa shape index (κ1) is 22.2. The quantitative estimate of drug-likeness (QED) is 0.341. The number of hydrogen-bond acceptors (Lipinski definition) is 5. The summed E-state index contributed by atoms with van der Waals surface area (Å²) >= 11 is 1.73. The van der Waals surface area contributed by atoms with E-state index in [2.05, 4.69) is 53.0 Å². The second kappa shape index (κ2) is 12.4. The molecule has 0 saturated heterocycles. The third-order valence-corrected chi connectivity index (χ3v) is 5.07. The topological polar surface area (TPSA) is 67.8 Å². The van der Waals surface area contributed by atoms with Crippen LogP contribution >= 0.6 is 11.3 Å². The van der Waals surface area contributed by atoms with Gasteiger partial charge in [-0.05, 0) is 38.8 Å². The van der Waals surface area contributed by atoms with E-state index in [0.29, 0.717) is 19.8 Å². The van der Waals surface area contributed by atoms with Crippen LogP contribution in [0.4, 0.5) is 0 Å². The molecule has 1 aromatic carbocycles. The minimum Gasteiger partial charge on any atom is -0.491 e. The number of aliphatic imine (C=N–C) groups is 1. The third-order valence-electron chi connectivity index (χ3n) is 4.05. The molecule has 0 aliphatic heterocycles. The Morgan fingerprint density at radius 2 is 2.07 bits per heavy atom. The predicted octanol–water partition coefficient (Wildman–Crippen LogP) is 3.47. The van der Waals surface area contributed by atoms with Crippen molar-refractivity contribution in [1.29, 1.82) is 0 Å². The number of benzene rings is 1. The SMILES string of the molecule is CCNC(=NCc1ccc(C)cc1OCCOC)NCCCc1nc(C)cs1. The van der Waals surface area contributed by atoms with E-state index >= 15 is 0 Å². The van der Waals surface area contributed by atoms with Crippen molar-refractivity contribution in [2.45, 2.75) is 40.2 Å². The van der Waals surface area contributed by atoms with Crippen molar-refractivity contribution in [2.75, 3.05) is 33.4 Å². The molecule has 0 bridgehead atoms. The molecule has 2 N–H and O–H groups in total. The molecule has 0 saturated carbocycles. The maximum atomic E-state index is 5.86. The average Bonchev–Trinajstić information content (AvgIpc) is 3.09. The van der Waals surface area contributed by atoms with Crippen LogP contribution in [0.25, 0.3) is 0 Å². The first-order valence-electron chi connectivity index (χ1n) is 9.76. The van der Waals surface area contributed by atoms with E-state index in [1.807, 2.05) is 6.92 Å². The molecule has 0 aliphatic carbocycles. The average molecular weight is 405 g/mol. The van der Waals surface area contributed by atoms with E-state index in [1.165, 1.54) is 10.6 Å². The van der Waals surface area contributed by atoms with Gasteiger partial charge in [0.15, 0.2) is 5.96 Å². The summed E-state index contributed by atoms with van der Waals surface area (Å²) in [5.74, 6) is 1.69. The number of aryl methyl sites for hydroxylation is 3. The van der Waals surface area contributed by atoms with Crippen molar-refractivity contribution < 1.29 is 9.47 Å². The van der Waals surface area contributed by atoms with Gasteiger partial charge in [-0.1, -0.05) is 12.1 Å². The van der Waals surface area contributed by atoms with Crippen molar-refractivity contribution >= 4 is 17.3 Å². The molecule has 0 aliphatic rings. The van der Waals surface area contributed by atoms with Crippen LogP contribution in [0.2, 0.25) is 0 Å². The zero-order valence-corrected chi connectivity index (χ0v) is 18.2. The number of nitrogens with one attached hydrogen (secondary N) is 2. The number of thiazole rings is 1. The zero-order valence-electron chi connectivity index (χ0n) is 17.4. The Balaban J connectivity index is 1.90. The fourth-order valence-corrected chi connectivity index (χ4v) is 3.45. The fraction of sp³-hybridized carbons (Fsp3) is 0.524. The number of aromatic nitrogens is 1. The van der Waals surface area contributed by atoms with Crippen LogP contribution in [0.3, 0.4) is 0 Å². The van der Waals surface area contributed by atoms with Gasteiger partial charge < -0.3 is 20.1 Å². The lowest BCUT2D eigenvalue weighted by molar-refractivity contribution is 0.145. The minimum absolute atomic E-state index is 0.533. The summed E-state index contributed by atoms with van der Waals surface area (Å²) in [6.07, 6.45) is 2.01. The highest BCUT2D eigenvalue weighted by molar-refractivity contribution is 7.09. The van der Waals surface area contributed by atoms with Crippen molar-refractivity contribution in [3.63, 3.8) is 0 Å². The molecule has 2 aromatic rings. The molecule has 0 unspecified atom stereocenters. The molecule has 1 heterocycles. The highest BCUT2D eigenvalue weighted by atomic mass is 32.1. The summed E-state index contributed by atoms with van der Waals surface area (Å²) in [4.78, 5) is 9.23. The highest BCUT2D eigenvalue weighted by Crippen LogP contribution is 2.21. The minimum atomic E-state index is 0.533. The molecule has 0 radical (unpaired) electrons. The molecule has 28 heavy (non-hydrogen) atoms. The predicted molar refractivity (Wildman–Crippen MR) is 117 cm³/mol. The molecule has 0 fully saturated rings. The molecule has 154 valence electrons. The van der Waals surface area contributed by atoms with Crippen LogP contribution in [0.1, 0.15) is 35.2 Å². The maximum absolute atomic E-state index is 5.86. The Hall–Kier alpha value is -2.12. The van der Waals surface area contributed by atoms with Crippen LogP contribution < -0.4 is 15.4 Å². The number of ether oxygens (including phenoxy) is 2. The molecule has 0 atom stereocenters. The Bertz CT molecular complexity index is 746. The summed E-state index contributed by atoms with van der Waals surface area (Å²) in [7, 11) is 1.68. The van der Waals surface area contributed by atoms with E-state index in [4.69, 9.17) is 14.5 Å².